The Morgan fingerprint density at radius 2 is 2.12 bits per heavy atom. The maximum atomic E-state index is 12.0. The van der Waals surface area contributed by atoms with Crippen LogP contribution in [0.5, 0.6) is 5.75 Å². The van der Waals surface area contributed by atoms with E-state index in [2.05, 4.69) is 10.4 Å². The number of hydrogen-bond acceptors (Lipinski definition) is 3. The van der Waals surface area contributed by atoms with E-state index in [1.165, 1.54) is 0 Å². The van der Waals surface area contributed by atoms with E-state index in [0.29, 0.717) is 19.7 Å². The van der Waals surface area contributed by atoms with Crippen LogP contribution in [0, 0.1) is 6.92 Å². The standard InChI is InChI=1S/C18H26N4O2/c1-16-8-3-4-9-17(16)24-15-7-12-21(2)18(23)19-10-5-13-22-14-6-11-20-22/h3-4,6,8-9,11,14H,5,7,10,12-13,15H2,1-2H3,(H,19,23). The van der Waals surface area contributed by atoms with Gasteiger partial charge < -0.3 is 15.0 Å². The smallest absolute Gasteiger partial charge is 0.317 e. The molecular formula is C18H26N4O2. The maximum Gasteiger partial charge on any atom is 0.317 e. The molecule has 0 fully saturated rings. The van der Waals surface area contributed by atoms with Gasteiger partial charge in [-0.3, -0.25) is 4.68 Å². The van der Waals surface area contributed by atoms with E-state index in [1.807, 2.05) is 48.1 Å². The van der Waals surface area contributed by atoms with Crippen LogP contribution in [-0.4, -0.2) is 47.5 Å². The summed E-state index contributed by atoms with van der Waals surface area (Å²) >= 11 is 0. The van der Waals surface area contributed by atoms with Gasteiger partial charge in [-0.1, -0.05) is 18.2 Å². The van der Waals surface area contributed by atoms with Gasteiger partial charge >= 0.3 is 6.03 Å². The average molecular weight is 330 g/mol. The van der Waals surface area contributed by atoms with E-state index in [0.717, 1.165) is 30.7 Å². The van der Waals surface area contributed by atoms with Gasteiger partial charge in [0.1, 0.15) is 5.75 Å². The Bertz CT molecular complexity index is 613. The number of aromatic nitrogens is 2. The predicted molar refractivity (Wildman–Crippen MR) is 94.2 cm³/mol. The van der Waals surface area contributed by atoms with Crippen LogP contribution in [0.2, 0.25) is 0 Å². The highest BCUT2D eigenvalue weighted by atomic mass is 16.5. The van der Waals surface area contributed by atoms with Crippen molar-refractivity contribution in [3.63, 3.8) is 0 Å². The molecule has 0 atom stereocenters. The van der Waals surface area contributed by atoms with E-state index in [1.54, 1.807) is 18.1 Å². The molecule has 0 spiro atoms. The highest BCUT2D eigenvalue weighted by Gasteiger charge is 2.07. The second-order valence-electron chi connectivity index (χ2n) is 5.74. The predicted octanol–water partition coefficient (Wildman–Crippen LogP) is 2.69. The van der Waals surface area contributed by atoms with Crippen LogP contribution >= 0.6 is 0 Å². The molecule has 1 aromatic heterocycles. The molecule has 0 radical (unpaired) electrons. The zero-order chi connectivity index (χ0) is 17.2. The molecule has 0 aliphatic rings. The van der Waals surface area contributed by atoms with Crippen LogP contribution in [0.3, 0.4) is 0 Å². The van der Waals surface area contributed by atoms with Crippen LogP contribution < -0.4 is 10.1 Å². The Hall–Kier alpha value is -2.50. The Balaban J connectivity index is 1.55. The lowest BCUT2D eigenvalue weighted by molar-refractivity contribution is 0.203. The van der Waals surface area contributed by atoms with Gasteiger partial charge in [0.25, 0.3) is 0 Å². The van der Waals surface area contributed by atoms with E-state index in [9.17, 15) is 4.79 Å². The quantitative estimate of drug-likeness (QED) is 0.719. The molecule has 0 saturated carbocycles. The fraction of sp³-hybridized carbons (Fsp3) is 0.444. The molecule has 0 saturated heterocycles. The van der Waals surface area contributed by atoms with Gasteiger partial charge in [-0.15, -0.1) is 0 Å². The van der Waals surface area contributed by atoms with Gasteiger partial charge in [-0.2, -0.15) is 5.10 Å². The number of aryl methyl sites for hydroxylation is 2. The summed E-state index contributed by atoms with van der Waals surface area (Å²) in [4.78, 5) is 13.7. The lowest BCUT2D eigenvalue weighted by atomic mass is 10.2. The Labute approximate surface area is 143 Å². The van der Waals surface area contributed by atoms with Gasteiger partial charge in [0.15, 0.2) is 0 Å². The summed E-state index contributed by atoms with van der Waals surface area (Å²) in [5, 5.41) is 7.05. The van der Waals surface area contributed by atoms with Gasteiger partial charge in [0, 0.05) is 39.1 Å². The summed E-state index contributed by atoms with van der Waals surface area (Å²) in [6, 6.07) is 9.79. The highest BCUT2D eigenvalue weighted by molar-refractivity contribution is 5.73. The Morgan fingerprint density at radius 1 is 1.29 bits per heavy atom. The summed E-state index contributed by atoms with van der Waals surface area (Å²) in [6.45, 7) is 4.74. The van der Waals surface area contributed by atoms with Crippen LogP contribution in [0.25, 0.3) is 0 Å². The molecule has 0 bridgehead atoms. The summed E-state index contributed by atoms with van der Waals surface area (Å²) in [6.07, 6.45) is 5.33. The molecule has 24 heavy (non-hydrogen) atoms. The van der Waals surface area contributed by atoms with Crippen molar-refractivity contribution >= 4 is 6.03 Å². The second kappa shape index (κ2) is 9.60. The third kappa shape index (κ3) is 5.95. The first-order valence-electron chi connectivity index (χ1n) is 8.31. The topological polar surface area (TPSA) is 59.4 Å². The van der Waals surface area contributed by atoms with Crippen molar-refractivity contribution in [1.29, 1.82) is 0 Å². The first-order chi connectivity index (χ1) is 11.7. The fourth-order valence-electron chi connectivity index (χ4n) is 2.31. The monoisotopic (exact) mass is 330 g/mol. The van der Waals surface area contributed by atoms with Crippen LogP contribution in [0.1, 0.15) is 18.4 Å². The molecule has 0 aliphatic heterocycles. The van der Waals surface area contributed by atoms with E-state index >= 15 is 0 Å². The van der Waals surface area contributed by atoms with Crippen LogP contribution in [-0.2, 0) is 6.54 Å². The number of carbonyl (C=O) groups excluding carboxylic acids is 1. The van der Waals surface area contributed by atoms with Crippen molar-refractivity contribution in [2.75, 3.05) is 26.7 Å². The minimum Gasteiger partial charge on any atom is -0.493 e. The number of para-hydroxylation sites is 1. The molecule has 1 N–H and O–H groups in total. The lowest BCUT2D eigenvalue weighted by Crippen LogP contribution is -2.38. The number of rotatable bonds is 9. The lowest BCUT2D eigenvalue weighted by Gasteiger charge is -2.18. The average Bonchev–Trinajstić information content (AvgIpc) is 3.10. The van der Waals surface area contributed by atoms with Gasteiger partial charge in [-0.05, 0) is 37.5 Å². The largest absolute Gasteiger partial charge is 0.493 e. The number of carbonyl (C=O) groups is 1. The summed E-state index contributed by atoms with van der Waals surface area (Å²) < 4.78 is 7.60. The minimum absolute atomic E-state index is 0.0497. The number of nitrogens with one attached hydrogen (secondary N) is 1. The molecule has 1 aromatic carbocycles. The zero-order valence-electron chi connectivity index (χ0n) is 14.4. The summed E-state index contributed by atoms with van der Waals surface area (Å²) in [5.74, 6) is 0.906. The first-order valence-corrected chi connectivity index (χ1v) is 8.31. The summed E-state index contributed by atoms with van der Waals surface area (Å²) in [5.41, 5.74) is 1.13. The van der Waals surface area contributed by atoms with E-state index in [-0.39, 0.29) is 6.03 Å². The SMILES string of the molecule is Cc1ccccc1OCCCN(C)C(=O)NCCCn1cccn1. The number of urea groups is 1. The van der Waals surface area contributed by atoms with Crippen molar-refractivity contribution in [2.24, 2.45) is 0 Å². The van der Waals surface area contributed by atoms with Gasteiger partial charge in [0.05, 0.1) is 6.61 Å². The molecule has 2 amide bonds. The third-order valence-corrected chi connectivity index (χ3v) is 3.74. The van der Waals surface area contributed by atoms with Crippen molar-refractivity contribution < 1.29 is 9.53 Å². The van der Waals surface area contributed by atoms with Crippen LogP contribution in [0.15, 0.2) is 42.7 Å². The third-order valence-electron chi connectivity index (χ3n) is 3.74. The second-order valence-corrected chi connectivity index (χ2v) is 5.74. The van der Waals surface area contributed by atoms with Crippen molar-refractivity contribution in [1.82, 2.24) is 20.0 Å². The number of amides is 2. The van der Waals surface area contributed by atoms with Gasteiger partial charge in [0.2, 0.25) is 0 Å². The normalized spacial score (nSPS) is 10.4. The molecule has 6 heteroatoms. The first kappa shape index (κ1) is 17.8. The molecule has 2 aromatic rings. The van der Waals surface area contributed by atoms with Crippen molar-refractivity contribution in [2.45, 2.75) is 26.3 Å². The number of benzene rings is 1. The van der Waals surface area contributed by atoms with Gasteiger partial charge in [-0.25, -0.2) is 4.79 Å². The Morgan fingerprint density at radius 3 is 2.88 bits per heavy atom. The highest BCUT2D eigenvalue weighted by Crippen LogP contribution is 2.16. The number of ether oxygens (including phenoxy) is 1. The fourth-order valence-corrected chi connectivity index (χ4v) is 2.31. The molecule has 130 valence electrons. The molecule has 1 heterocycles. The zero-order valence-corrected chi connectivity index (χ0v) is 14.4. The molecule has 0 unspecified atom stereocenters. The Kier molecular flexibility index (Phi) is 7.14. The minimum atomic E-state index is -0.0497. The summed E-state index contributed by atoms with van der Waals surface area (Å²) in [7, 11) is 1.80. The number of nitrogens with zero attached hydrogens (tertiary/aromatic N) is 3. The van der Waals surface area contributed by atoms with Crippen molar-refractivity contribution in [3.05, 3.63) is 48.3 Å². The van der Waals surface area contributed by atoms with Crippen molar-refractivity contribution in [3.8, 4) is 5.75 Å². The maximum absolute atomic E-state index is 12.0. The van der Waals surface area contributed by atoms with E-state index in [4.69, 9.17) is 4.74 Å². The van der Waals surface area contributed by atoms with Crippen LogP contribution in [0.4, 0.5) is 4.79 Å². The molecular weight excluding hydrogens is 304 g/mol. The van der Waals surface area contributed by atoms with E-state index < -0.39 is 0 Å². The molecule has 0 aliphatic carbocycles. The molecule has 6 nitrogen and oxygen atoms in total. The molecule has 2 rings (SSSR count). The number of hydrogen-bond donors (Lipinski definition) is 1.